The second-order valence-electron chi connectivity index (χ2n) is 5.26. The fourth-order valence-corrected chi connectivity index (χ4v) is 2.61. The van der Waals surface area contributed by atoms with E-state index in [-0.39, 0.29) is 6.04 Å². The molecule has 0 aliphatic carbocycles. The zero-order chi connectivity index (χ0) is 14.9. The predicted octanol–water partition coefficient (Wildman–Crippen LogP) is 2.09. The summed E-state index contributed by atoms with van der Waals surface area (Å²) >= 11 is 5.16. The molecule has 106 valence electrons. The van der Waals surface area contributed by atoms with Crippen molar-refractivity contribution >= 4 is 23.2 Å². The first-order valence-electron chi connectivity index (χ1n) is 6.58. The summed E-state index contributed by atoms with van der Waals surface area (Å²) in [6.07, 6.45) is 0. The smallest absolute Gasteiger partial charge is 0.248 e. The first-order valence-corrected chi connectivity index (χ1v) is 6.99. The first kappa shape index (κ1) is 14.5. The molecule has 5 heteroatoms. The highest BCUT2D eigenvalue weighted by molar-refractivity contribution is 7.80. The standard InChI is InChI=1S/C15H19N3OS/c1-8(2)10-4-6-11(7-5-10)13-12(14(16)19)9(3)17-15(20)18-13/h4-8,13H,1-3H3,(H2,16,19)(H2,17,18,20)/t13-/m0/s1. The Hall–Kier alpha value is -1.88. The zero-order valence-electron chi connectivity index (χ0n) is 11.9. The molecule has 1 aromatic rings. The van der Waals surface area contributed by atoms with E-state index in [1.807, 2.05) is 19.1 Å². The van der Waals surface area contributed by atoms with Crippen molar-refractivity contribution in [3.8, 4) is 0 Å². The van der Waals surface area contributed by atoms with Crippen LogP contribution in [-0.4, -0.2) is 11.0 Å². The van der Waals surface area contributed by atoms with Gasteiger partial charge in [-0.1, -0.05) is 38.1 Å². The van der Waals surface area contributed by atoms with Crippen molar-refractivity contribution in [3.63, 3.8) is 0 Å². The largest absolute Gasteiger partial charge is 0.366 e. The van der Waals surface area contributed by atoms with Crippen LogP contribution in [0.4, 0.5) is 0 Å². The van der Waals surface area contributed by atoms with Crippen molar-refractivity contribution in [3.05, 3.63) is 46.7 Å². The number of carbonyl (C=O) groups excluding carboxylic acids is 1. The molecule has 2 rings (SSSR count). The van der Waals surface area contributed by atoms with Gasteiger partial charge in [-0.15, -0.1) is 0 Å². The maximum Gasteiger partial charge on any atom is 0.248 e. The Morgan fingerprint density at radius 2 is 1.90 bits per heavy atom. The summed E-state index contributed by atoms with van der Waals surface area (Å²) in [5.74, 6) is 0.0296. The Balaban J connectivity index is 2.41. The summed E-state index contributed by atoms with van der Waals surface area (Å²) in [5.41, 5.74) is 8.95. The van der Waals surface area contributed by atoms with Crippen molar-refractivity contribution in [2.75, 3.05) is 0 Å². The number of amides is 1. The third kappa shape index (κ3) is 2.82. The lowest BCUT2D eigenvalue weighted by molar-refractivity contribution is -0.115. The van der Waals surface area contributed by atoms with E-state index in [1.54, 1.807) is 0 Å². The van der Waals surface area contributed by atoms with Crippen molar-refractivity contribution in [2.45, 2.75) is 32.7 Å². The van der Waals surface area contributed by atoms with Gasteiger partial charge in [0.15, 0.2) is 5.11 Å². The fraction of sp³-hybridized carbons (Fsp3) is 0.333. The van der Waals surface area contributed by atoms with Crippen LogP contribution in [0.5, 0.6) is 0 Å². The highest BCUT2D eigenvalue weighted by Gasteiger charge is 2.28. The molecule has 0 saturated carbocycles. The van der Waals surface area contributed by atoms with Crippen LogP contribution in [0.15, 0.2) is 35.5 Å². The van der Waals surface area contributed by atoms with Crippen LogP contribution in [0.2, 0.25) is 0 Å². The molecule has 1 aliphatic heterocycles. The Labute approximate surface area is 124 Å². The zero-order valence-corrected chi connectivity index (χ0v) is 12.7. The quantitative estimate of drug-likeness (QED) is 0.745. The molecule has 0 saturated heterocycles. The highest BCUT2D eigenvalue weighted by atomic mass is 32.1. The third-order valence-electron chi connectivity index (χ3n) is 3.47. The van der Waals surface area contributed by atoms with Crippen molar-refractivity contribution < 1.29 is 4.79 Å². The normalized spacial score (nSPS) is 18.8. The van der Waals surface area contributed by atoms with Crippen LogP contribution in [-0.2, 0) is 4.79 Å². The van der Waals surface area contributed by atoms with Gasteiger partial charge in [-0.2, -0.15) is 0 Å². The number of carbonyl (C=O) groups is 1. The Morgan fingerprint density at radius 3 is 2.40 bits per heavy atom. The summed E-state index contributed by atoms with van der Waals surface area (Å²) in [6.45, 7) is 6.10. The number of benzene rings is 1. The van der Waals surface area contributed by atoms with Crippen molar-refractivity contribution in [1.82, 2.24) is 10.6 Å². The molecule has 0 aromatic heterocycles. The Bertz CT molecular complexity index is 575. The van der Waals surface area contributed by atoms with Crippen LogP contribution in [0, 0.1) is 0 Å². The lowest BCUT2D eigenvalue weighted by Gasteiger charge is -2.29. The number of thiocarbonyl (C=S) groups is 1. The molecule has 0 unspecified atom stereocenters. The maximum absolute atomic E-state index is 11.7. The van der Waals surface area contributed by atoms with Crippen LogP contribution in [0.1, 0.15) is 43.9 Å². The SMILES string of the molecule is CC1=C(C(N)=O)[C@H](c2ccc(C(C)C)cc2)NC(=S)N1. The number of rotatable bonds is 3. The lowest BCUT2D eigenvalue weighted by atomic mass is 9.93. The molecule has 0 fully saturated rings. The van der Waals surface area contributed by atoms with Crippen LogP contribution in [0.25, 0.3) is 0 Å². The minimum absolute atomic E-state index is 0.289. The monoisotopic (exact) mass is 289 g/mol. The molecule has 1 heterocycles. The molecule has 0 radical (unpaired) electrons. The van der Waals surface area contributed by atoms with Crippen LogP contribution >= 0.6 is 12.2 Å². The van der Waals surface area contributed by atoms with Gasteiger partial charge in [0.2, 0.25) is 5.91 Å². The van der Waals surface area contributed by atoms with E-state index in [2.05, 4.69) is 36.6 Å². The van der Waals surface area contributed by atoms with E-state index >= 15 is 0 Å². The van der Waals surface area contributed by atoms with Gasteiger partial charge >= 0.3 is 0 Å². The topological polar surface area (TPSA) is 67.2 Å². The van der Waals surface area contributed by atoms with Gasteiger partial charge in [0.05, 0.1) is 11.6 Å². The number of nitrogens with two attached hydrogens (primary N) is 1. The fourth-order valence-electron chi connectivity index (χ4n) is 2.34. The molecule has 1 aliphatic rings. The molecule has 0 bridgehead atoms. The third-order valence-corrected chi connectivity index (χ3v) is 3.69. The second-order valence-corrected chi connectivity index (χ2v) is 5.66. The number of hydrogen-bond donors (Lipinski definition) is 3. The van der Waals surface area contributed by atoms with Gasteiger partial charge in [-0.05, 0) is 36.2 Å². The molecule has 0 spiro atoms. The summed E-state index contributed by atoms with van der Waals surface area (Å²) in [6, 6.07) is 7.87. The number of hydrogen-bond acceptors (Lipinski definition) is 2. The maximum atomic E-state index is 11.7. The summed E-state index contributed by atoms with van der Waals surface area (Å²) in [5, 5.41) is 6.55. The van der Waals surface area contributed by atoms with Crippen molar-refractivity contribution in [2.24, 2.45) is 5.73 Å². The Morgan fingerprint density at radius 1 is 1.30 bits per heavy atom. The van der Waals surface area contributed by atoms with Crippen molar-refractivity contribution in [1.29, 1.82) is 0 Å². The van der Waals surface area contributed by atoms with E-state index in [4.69, 9.17) is 18.0 Å². The summed E-state index contributed by atoms with van der Waals surface area (Å²) < 4.78 is 0. The predicted molar refractivity (Wildman–Crippen MR) is 84.0 cm³/mol. The Kier molecular flexibility index (Phi) is 4.09. The van der Waals surface area contributed by atoms with Crippen LogP contribution < -0.4 is 16.4 Å². The number of allylic oxidation sites excluding steroid dienone is 1. The second kappa shape index (κ2) is 5.63. The molecule has 20 heavy (non-hydrogen) atoms. The van der Waals surface area contributed by atoms with E-state index in [1.165, 1.54) is 5.56 Å². The number of primary amides is 1. The average molecular weight is 289 g/mol. The van der Waals surface area contributed by atoms with Gasteiger partial charge in [-0.25, -0.2) is 0 Å². The van der Waals surface area contributed by atoms with E-state index in [9.17, 15) is 4.79 Å². The molecule has 1 atom stereocenters. The molecule has 1 aromatic carbocycles. The minimum atomic E-state index is -0.442. The summed E-state index contributed by atoms with van der Waals surface area (Å²) in [4.78, 5) is 11.7. The van der Waals surface area contributed by atoms with Gasteiger partial charge in [-0.3, -0.25) is 4.79 Å². The van der Waals surface area contributed by atoms with Gasteiger partial charge in [0.1, 0.15) is 0 Å². The molecule has 1 amide bonds. The summed E-state index contributed by atoms with van der Waals surface area (Å²) in [7, 11) is 0. The molecular weight excluding hydrogens is 270 g/mol. The average Bonchev–Trinajstić information content (AvgIpc) is 2.37. The van der Waals surface area contributed by atoms with E-state index in [0.717, 1.165) is 5.56 Å². The first-order chi connectivity index (χ1) is 9.40. The lowest BCUT2D eigenvalue weighted by Crippen LogP contribution is -2.46. The number of nitrogens with one attached hydrogen (secondary N) is 2. The van der Waals surface area contributed by atoms with Gasteiger partial charge < -0.3 is 16.4 Å². The van der Waals surface area contributed by atoms with Crippen LogP contribution in [0.3, 0.4) is 0 Å². The van der Waals surface area contributed by atoms with E-state index in [0.29, 0.717) is 22.3 Å². The molecule has 4 nitrogen and oxygen atoms in total. The van der Waals surface area contributed by atoms with E-state index < -0.39 is 5.91 Å². The highest BCUT2D eigenvalue weighted by Crippen LogP contribution is 2.27. The van der Waals surface area contributed by atoms with Gasteiger partial charge in [0.25, 0.3) is 0 Å². The minimum Gasteiger partial charge on any atom is -0.366 e. The molecule has 4 N–H and O–H groups in total. The molecular formula is C15H19N3OS. The van der Waals surface area contributed by atoms with Gasteiger partial charge in [0, 0.05) is 5.70 Å².